The van der Waals surface area contributed by atoms with Crippen molar-refractivity contribution in [3.63, 3.8) is 0 Å². The summed E-state index contributed by atoms with van der Waals surface area (Å²) in [4.78, 5) is 25.5. The Labute approximate surface area is 141 Å². The van der Waals surface area contributed by atoms with Gasteiger partial charge in [0.15, 0.2) is 11.3 Å². The van der Waals surface area contributed by atoms with Gasteiger partial charge >= 0.3 is 5.97 Å². The maximum absolute atomic E-state index is 12.3. The van der Waals surface area contributed by atoms with Gasteiger partial charge in [0.2, 0.25) is 5.76 Å². The molecule has 0 bridgehead atoms. The molecule has 7 heteroatoms. The van der Waals surface area contributed by atoms with Gasteiger partial charge in [-0.2, -0.15) is 5.26 Å². The molecule has 0 aliphatic rings. The van der Waals surface area contributed by atoms with Crippen LogP contribution in [0.3, 0.4) is 0 Å². The average molecular weight is 377 g/mol. The van der Waals surface area contributed by atoms with E-state index in [2.05, 4.69) is 15.9 Å². The smallest absolute Gasteiger partial charge is 0.374 e. The van der Waals surface area contributed by atoms with Crippen LogP contribution >= 0.6 is 15.9 Å². The molecule has 0 aliphatic carbocycles. The van der Waals surface area contributed by atoms with Crippen LogP contribution in [0.5, 0.6) is 0 Å². The molecule has 0 spiro atoms. The Morgan fingerprint density at radius 3 is 2.57 bits per heavy atom. The van der Waals surface area contributed by atoms with Crippen molar-refractivity contribution in [1.82, 2.24) is 0 Å². The molecule has 23 heavy (non-hydrogen) atoms. The summed E-state index contributed by atoms with van der Waals surface area (Å²) in [7, 11) is 0. The van der Waals surface area contributed by atoms with Gasteiger partial charge in [-0.1, -0.05) is 18.2 Å². The second kappa shape index (κ2) is 8.15. The van der Waals surface area contributed by atoms with E-state index in [0.717, 1.165) is 0 Å². The van der Waals surface area contributed by atoms with E-state index in [1.165, 1.54) is 11.0 Å². The first-order chi connectivity index (χ1) is 11.1. The van der Waals surface area contributed by atoms with E-state index < -0.39 is 18.5 Å². The van der Waals surface area contributed by atoms with Crippen molar-refractivity contribution in [3.05, 3.63) is 52.9 Å². The third-order valence-corrected chi connectivity index (χ3v) is 3.34. The van der Waals surface area contributed by atoms with E-state index >= 15 is 0 Å². The number of anilines is 1. The van der Waals surface area contributed by atoms with E-state index in [4.69, 9.17) is 14.4 Å². The largest absolute Gasteiger partial charge is 0.450 e. The van der Waals surface area contributed by atoms with Gasteiger partial charge in [-0.05, 0) is 40.2 Å². The lowest BCUT2D eigenvalue weighted by atomic mass is 10.2. The fourth-order valence-electron chi connectivity index (χ4n) is 1.87. The van der Waals surface area contributed by atoms with Crippen molar-refractivity contribution in [3.8, 4) is 6.07 Å². The first kappa shape index (κ1) is 16.8. The molecule has 0 aliphatic heterocycles. The molecule has 0 saturated heterocycles. The predicted octanol–water partition coefficient (Wildman–Crippen LogP) is 3.15. The molecule has 1 heterocycles. The van der Waals surface area contributed by atoms with Crippen molar-refractivity contribution < 1.29 is 18.7 Å². The van der Waals surface area contributed by atoms with Crippen LogP contribution in [-0.2, 0) is 9.53 Å². The van der Waals surface area contributed by atoms with E-state index in [9.17, 15) is 9.59 Å². The molecular weight excluding hydrogens is 364 g/mol. The number of nitriles is 1. The number of furan rings is 1. The molecular formula is C16H13BrN2O4. The van der Waals surface area contributed by atoms with Gasteiger partial charge in [-0.15, -0.1) is 0 Å². The van der Waals surface area contributed by atoms with Crippen LogP contribution in [0.25, 0.3) is 0 Å². The second-order valence-corrected chi connectivity index (χ2v) is 5.25. The SMILES string of the molecule is N#CCCN(C(=O)COC(=O)c1ccc(Br)o1)c1ccccc1. The summed E-state index contributed by atoms with van der Waals surface area (Å²) in [6.45, 7) is -0.208. The zero-order valence-corrected chi connectivity index (χ0v) is 13.7. The topological polar surface area (TPSA) is 83.5 Å². The van der Waals surface area contributed by atoms with Gasteiger partial charge in [0, 0.05) is 12.2 Å². The zero-order valence-electron chi connectivity index (χ0n) is 12.1. The minimum Gasteiger partial charge on any atom is -0.450 e. The Bertz CT molecular complexity index is 721. The maximum Gasteiger partial charge on any atom is 0.374 e. The molecule has 1 amide bonds. The Kier molecular flexibility index (Phi) is 5.94. The number of para-hydroxylation sites is 1. The molecule has 0 unspecified atom stereocenters. The lowest BCUT2D eigenvalue weighted by Gasteiger charge is -2.21. The number of carbonyl (C=O) groups excluding carboxylic acids is 2. The van der Waals surface area contributed by atoms with Crippen LogP contribution in [0.2, 0.25) is 0 Å². The van der Waals surface area contributed by atoms with Crippen LogP contribution in [0.4, 0.5) is 5.69 Å². The molecule has 0 saturated carbocycles. The maximum atomic E-state index is 12.3. The average Bonchev–Trinajstić information content (AvgIpc) is 3.00. The lowest BCUT2D eigenvalue weighted by Crippen LogP contribution is -2.35. The second-order valence-electron chi connectivity index (χ2n) is 4.47. The summed E-state index contributed by atoms with van der Waals surface area (Å²) in [6.07, 6.45) is 0.180. The monoisotopic (exact) mass is 376 g/mol. The van der Waals surface area contributed by atoms with Crippen molar-refractivity contribution >= 4 is 33.5 Å². The summed E-state index contributed by atoms with van der Waals surface area (Å²) in [5.41, 5.74) is 0.643. The lowest BCUT2D eigenvalue weighted by molar-refractivity contribution is -0.121. The van der Waals surface area contributed by atoms with Crippen molar-refractivity contribution in [2.24, 2.45) is 0 Å². The number of hydrogen-bond acceptors (Lipinski definition) is 5. The van der Waals surface area contributed by atoms with E-state index in [0.29, 0.717) is 10.4 Å². The number of carbonyl (C=O) groups is 2. The third kappa shape index (κ3) is 4.69. The minimum atomic E-state index is -0.725. The first-order valence-electron chi connectivity index (χ1n) is 6.76. The number of ether oxygens (including phenoxy) is 1. The van der Waals surface area contributed by atoms with Crippen molar-refractivity contribution in [2.45, 2.75) is 6.42 Å². The predicted molar refractivity (Wildman–Crippen MR) is 85.7 cm³/mol. The summed E-state index contributed by atoms with van der Waals surface area (Å²) < 4.78 is 10.4. The van der Waals surface area contributed by atoms with Crippen molar-refractivity contribution in [2.75, 3.05) is 18.1 Å². The Morgan fingerprint density at radius 1 is 1.22 bits per heavy atom. The van der Waals surface area contributed by atoms with E-state index in [-0.39, 0.29) is 18.7 Å². The molecule has 6 nitrogen and oxygen atoms in total. The summed E-state index contributed by atoms with van der Waals surface area (Å²) in [5.74, 6) is -1.13. The number of amides is 1. The van der Waals surface area contributed by atoms with Gasteiger partial charge in [0.25, 0.3) is 5.91 Å². The van der Waals surface area contributed by atoms with Gasteiger partial charge in [0.1, 0.15) is 0 Å². The van der Waals surface area contributed by atoms with Crippen molar-refractivity contribution in [1.29, 1.82) is 5.26 Å². The number of nitrogens with zero attached hydrogens (tertiary/aromatic N) is 2. The van der Waals surface area contributed by atoms with Crippen LogP contribution in [0.15, 0.2) is 51.6 Å². The number of halogens is 1. The number of benzene rings is 1. The van der Waals surface area contributed by atoms with Gasteiger partial charge in [-0.3, -0.25) is 4.79 Å². The molecule has 1 aromatic carbocycles. The van der Waals surface area contributed by atoms with Crippen LogP contribution in [0, 0.1) is 11.3 Å². The molecule has 0 fully saturated rings. The van der Waals surface area contributed by atoms with Crippen LogP contribution in [0.1, 0.15) is 17.0 Å². The number of hydrogen-bond donors (Lipinski definition) is 0. The molecule has 1 aromatic heterocycles. The summed E-state index contributed by atoms with van der Waals surface area (Å²) in [5, 5.41) is 8.72. The molecule has 0 N–H and O–H groups in total. The van der Waals surface area contributed by atoms with E-state index in [1.54, 1.807) is 30.3 Å². The molecule has 2 aromatic rings. The van der Waals surface area contributed by atoms with E-state index in [1.807, 2.05) is 12.1 Å². The zero-order chi connectivity index (χ0) is 16.7. The fraction of sp³-hybridized carbons (Fsp3) is 0.188. The molecule has 0 radical (unpaired) electrons. The van der Waals surface area contributed by atoms with Gasteiger partial charge in [0.05, 0.1) is 12.5 Å². The Morgan fingerprint density at radius 2 is 1.96 bits per heavy atom. The number of esters is 1. The van der Waals surface area contributed by atoms with Gasteiger partial charge in [-0.25, -0.2) is 4.79 Å². The standard InChI is InChI=1S/C16H13BrN2O4/c17-14-8-7-13(23-14)16(21)22-11-15(20)19(10-4-9-18)12-5-2-1-3-6-12/h1-3,5-8H,4,10-11H2. The summed E-state index contributed by atoms with van der Waals surface area (Å²) >= 11 is 3.08. The molecule has 0 atom stereocenters. The highest BCUT2D eigenvalue weighted by molar-refractivity contribution is 9.10. The van der Waals surface area contributed by atoms with Crippen LogP contribution < -0.4 is 4.90 Å². The number of rotatable bonds is 6. The summed E-state index contributed by atoms with van der Waals surface area (Å²) in [6, 6.07) is 13.9. The Balaban J connectivity index is 2.00. The Hall–Kier alpha value is -2.59. The quantitative estimate of drug-likeness (QED) is 0.723. The first-order valence-corrected chi connectivity index (χ1v) is 7.56. The normalized spacial score (nSPS) is 9.91. The third-order valence-electron chi connectivity index (χ3n) is 2.92. The highest BCUT2D eigenvalue weighted by Crippen LogP contribution is 2.16. The highest BCUT2D eigenvalue weighted by Gasteiger charge is 2.19. The van der Waals surface area contributed by atoms with Gasteiger partial charge < -0.3 is 14.1 Å². The highest BCUT2D eigenvalue weighted by atomic mass is 79.9. The fourth-order valence-corrected chi connectivity index (χ4v) is 2.17. The molecule has 2 rings (SSSR count). The minimum absolute atomic E-state index is 0.00737. The molecule has 118 valence electrons. The van der Waals surface area contributed by atoms with Crippen LogP contribution in [-0.4, -0.2) is 25.0 Å².